The highest BCUT2D eigenvalue weighted by Crippen LogP contribution is 2.12. The van der Waals surface area contributed by atoms with Crippen LogP contribution in [-0.2, 0) is 17.8 Å². The van der Waals surface area contributed by atoms with Gasteiger partial charge >= 0.3 is 17.3 Å². The lowest BCUT2D eigenvalue weighted by atomic mass is 10.0. The first-order valence-corrected chi connectivity index (χ1v) is 5.97. The molecule has 0 radical (unpaired) electrons. The Kier molecular flexibility index (Phi) is 4.07. The van der Waals surface area contributed by atoms with Crippen molar-refractivity contribution in [2.24, 2.45) is 0 Å². The van der Waals surface area contributed by atoms with Gasteiger partial charge in [-0.3, -0.25) is 19.5 Å². The van der Waals surface area contributed by atoms with E-state index in [9.17, 15) is 19.7 Å². The van der Waals surface area contributed by atoms with Crippen molar-refractivity contribution >= 4 is 11.7 Å². The van der Waals surface area contributed by atoms with Gasteiger partial charge in [-0.25, -0.2) is 4.79 Å². The van der Waals surface area contributed by atoms with Gasteiger partial charge < -0.3 is 5.11 Å². The first-order chi connectivity index (χ1) is 9.97. The standard InChI is InChI=1S/C13H11N3O5/c17-12(18)5-9-3-1-2-4-10(9)7-15-8-11(16(20)21)6-14-13(15)19/h1-4,6,8H,5,7H2,(H,17,18). The van der Waals surface area contributed by atoms with Crippen LogP contribution < -0.4 is 5.69 Å². The normalized spacial score (nSPS) is 10.3. The summed E-state index contributed by atoms with van der Waals surface area (Å²) in [6.07, 6.45) is 1.79. The molecular formula is C13H11N3O5. The molecule has 0 aliphatic rings. The van der Waals surface area contributed by atoms with E-state index in [2.05, 4.69) is 4.98 Å². The van der Waals surface area contributed by atoms with Gasteiger partial charge in [0.2, 0.25) is 0 Å². The molecule has 0 fully saturated rings. The first-order valence-electron chi connectivity index (χ1n) is 5.97. The fraction of sp³-hybridized carbons (Fsp3) is 0.154. The lowest BCUT2D eigenvalue weighted by Crippen LogP contribution is -2.23. The number of rotatable bonds is 5. The Hall–Kier alpha value is -3.03. The summed E-state index contributed by atoms with van der Waals surface area (Å²) in [4.78, 5) is 35.9. The van der Waals surface area contributed by atoms with Crippen molar-refractivity contribution in [3.05, 3.63) is 68.4 Å². The summed E-state index contributed by atoms with van der Waals surface area (Å²) in [7, 11) is 0. The first kappa shape index (κ1) is 14.4. The molecule has 0 aliphatic heterocycles. The number of aliphatic carboxylic acids is 1. The van der Waals surface area contributed by atoms with Gasteiger partial charge in [0.1, 0.15) is 6.20 Å². The van der Waals surface area contributed by atoms with Gasteiger partial charge in [0.05, 0.1) is 24.1 Å². The second-order valence-corrected chi connectivity index (χ2v) is 4.32. The van der Waals surface area contributed by atoms with Gasteiger partial charge in [-0.05, 0) is 11.1 Å². The third-order valence-electron chi connectivity index (χ3n) is 2.85. The van der Waals surface area contributed by atoms with E-state index in [0.29, 0.717) is 11.1 Å². The average Bonchev–Trinajstić information content (AvgIpc) is 2.42. The summed E-state index contributed by atoms with van der Waals surface area (Å²) in [6, 6.07) is 6.70. The maximum atomic E-state index is 11.6. The topological polar surface area (TPSA) is 115 Å². The Morgan fingerprint density at radius 1 is 1.33 bits per heavy atom. The van der Waals surface area contributed by atoms with Crippen LogP contribution in [0, 0.1) is 10.1 Å². The van der Waals surface area contributed by atoms with E-state index in [-0.39, 0.29) is 18.7 Å². The molecule has 0 amide bonds. The SMILES string of the molecule is O=C(O)Cc1ccccc1Cn1cc([N+](=O)[O-])cnc1=O. The highest BCUT2D eigenvalue weighted by atomic mass is 16.6. The highest BCUT2D eigenvalue weighted by molar-refractivity contribution is 5.70. The third kappa shape index (κ3) is 3.50. The van der Waals surface area contributed by atoms with E-state index in [1.165, 1.54) is 0 Å². The summed E-state index contributed by atoms with van der Waals surface area (Å²) in [6.45, 7) is 0.0248. The molecule has 8 nitrogen and oxygen atoms in total. The van der Waals surface area contributed by atoms with E-state index in [1.807, 2.05) is 0 Å². The predicted octanol–water partition coefficient (Wildman–Crippen LogP) is 0.827. The molecule has 1 N–H and O–H groups in total. The minimum absolute atomic E-state index is 0.0248. The predicted molar refractivity (Wildman–Crippen MR) is 72.0 cm³/mol. The van der Waals surface area contributed by atoms with Crippen molar-refractivity contribution in [2.45, 2.75) is 13.0 Å². The molecule has 0 unspecified atom stereocenters. The Bertz CT molecular complexity index is 753. The molecule has 0 spiro atoms. The van der Waals surface area contributed by atoms with E-state index >= 15 is 0 Å². The van der Waals surface area contributed by atoms with Crippen LogP contribution in [0.25, 0.3) is 0 Å². The molecule has 0 saturated carbocycles. The number of aromatic nitrogens is 2. The molecular weight excluding hydrogens is 278 g/mol. The number of hydrogen-bond donors (Lipinski definition) is 1. The zero-order valence-corrected chi connectivity index (χ0v) is 10.8. The van der Waals surface area contributed by atoms with E-state index < -0.39 is 16.6 Å². The van der Waals surface area contributed by atoms with Crippen LogP contribution in [0.1, 0.15) is 11.1 Å². The second kappa shape index (κ2) is 5.95. The summed E-state index contributed by atoms with van der Waals surface area (Å²) in [5, 5.41) is 19.6. The van der Waals surface area contributed by atoms with Crippen molar-refractivity contribution in [3.63, 3.8) is 0 Å². The fourth-order valence-electron chi connectivity index (χ4n) is 1.88. The number of hydrogen-bond acceptors (Lipinski definition) is 5. The maximum Gasteiger partial charge on any atom is 0.348 e. The van der Waals surface area contributed by atoms with Crippen molar-refractivity contribution in [3.8, 4) is 0 Å². The van der Waals surface area contributed by atoms with Crippen LogP contribution in [0.4, 0.5) is 5.69 Å². The molecule has 0 aliphatic carbocycles. The zero-order chi connectivity index (χ0) is 15.4. The molecule has 108 valence electrons. The Morgan fingerprint density at radius 3 is 2.62 bits per heavy atom. The van der Waals surface area contributed by atoms with Gasteiger partial charge in [0.15, 0.2) is 0 Å². The van der Waals surface area contributed by atoms with Gasteiger partial charge in [-0.1, -0.05) is 24.3 Å². The van der Waals surface area contributed by atoms with Crippen LogP contribution in [-0.4, -0.2) is 25.6 Å². The molecule has 1 aromatic heterocycles. The Labute approximate surface area is 118 Å². The van der Waals surface area contributed by atoms with E-state index in [0.717, 1.165) is 17.0 Å². The summed E-state index contributed by atoms with van der Waals surface area (Å²) in [5.41, 5.74) is 0.212. The lowest BCUT2D eigenvalue weighted by Gasteiger charge is -2.09. The molecule has 21 heavy (non-hydrogen) atoms. The molecule has 2 rings (SSSR count). The quantitative estimate of drug-likeness (QED) is 0.643. The van der Waals surface area contributed by atoms with Crippen molar-refractivity contribution in [1.29, 1.82) is 0 Å². The van der Waals surface area contributed by atoms with Gasteiger partial charge in [-0.2, -0.15) is 4.98 Å². The molecule has 1 aromatic carbocycles. The summed E-state index contributed by atoms with van der Waals surface area (Å²) in [5.74, 6) is -0.994. The van der Waals surface area contributed by atoms with Crippen LogP contribution in [0.15, 0.2) is 41.5 Å². The minimum atomic E-state index is -0.994. The fourth-order valence-corrected chi connectivity index (χ4v) is 1.88. The Morgan fingerprint density at radius 2 is 2.00 bits per heavy atom. The zero-order valence-electron chi connectivity index (χ0n) is 10.8. The van der Waals surface area contributed by atoms with E-state index in [4.69, 9.17) is 5.11 Å². The molecule has 2 aromatic rings. The number of carboxylic acid groups (broad SMARTS) is 1. The van der Waals surface area contributed by atoms with Crippen LogP contribution >= 0.6 is 0 Å². The van der Waals surface area contributed by atoms with Gasteiger partial charge in [0.25, 0.3) is 0 Å². The third-order valence-corrected chi connectivity index (χ3v) is 2.85. The molecule has 8 heteroatoms. The maximum absolute atomic E-state index is 11.6. The average molecular weight is 289 g/mol. The van der Waals surface area contributed by atoms with Gasteiger partial charge in [0, 0.05) is 0 Å². The minimum Gasteiger partial charge on any atom is -0.481 e. The number of nitro groups is 1. The Balaban J connectivity index is 2.38. The molecule has 0 saturated heterocycles. The van der Waals surface area contributed by atoms with E-state index in [1.54, 1.807) is 24.3 Å². The largest absolute Gasteiger partial charge is 0.481 e. The lowest BCUT2D eigenvalue weighted by molar-refractivity contribution is -0.385. The highest BCUT2D eigenvalue weighted by Gasteiger charge is 2.11. The molecule has 1 heterocycles. The van der Waals surface area contributed by atoms with Crippen molar-refractivity contribution in [2.75, 3.05) is 0 Å². The number of carbonyl (C=O) groups is 1. The van der Waals surface area contributed by atoms with Crippen LogP contribution in [0.5, 0.6) is 0 Å². The summed E-state index contributed by atoms with van der Waals surface area (Å²) >= 11 is 0. The molecule has 0 atom stereocenters. The monoisotopic (exact) mass is 289 g/mol. The summed E-state index contributed by atoms with van der Waals surface area (Å²) < 4.78 is 1.08. The van der Waals surface area contributed by atoms with Crippen LogP contribution in [0.3, 0.4) is 0 Å². The number of nitrogens with zero attached hydrogens (tertiary/aromatic N) is 3. The second-order valence-electron chi connectivity index (χ2n) is 4.32. The number of benzene rings is 1. The number of carboxylic acids is 1. The van der Waals surface area contributed by atoms with Crippen LogP contribution in [0.2, 0.25) is 0 Å². The smallest absolute Gasteiger partial charge is 0.348 e. The molecule has 0 bridgehead atoms. The van der Waals surface area contributed by atoms with Crippen molar-refractivity contribution < 1.29 is 14.8 Å². The van der Waals surface area contributed by atoms with Gasteiger partial charge in [-0.15, -0.1) is 0 Å². The van der Waals surface area contributed by atoms with Crippen molar-refractivity contribution in [1.82, 2.24) is 9.55 Å².